The van der Waals surface area contributed by atoms with Gasteiger partial charge in [0.25, 0.3) is 0 Å². The number of nitrogens with one attached hydrogen (secondary N) is 1. The Hall–Kier alpha value is -4.10. The number of nitrogens with zero attached hydrogens (tertiary/aromatic N) is 2. The first-order chi connectivity index (χ1) is 19.9. The summed E-state index contributed by atoms with van der Waals surface area (Å²) in [6.07, 6.45) is 5.57. The van der Waals surface area contributed by atoms with Crippen LogP contribution in [-0.2, 0) is 19.7 Å². The van der Waals surface area contributed by atoms with E-state index < -0.39 is 17.6 Å². The van der Waals surface area contributed by atoms with Crippen molar-refractivity contribution in [3.8, 4) is 11.1 Å². The minimum absolute atomic E-state index is 0.132. The molecule has 3 aromatic rings. The van der Waals surface area contributed by atoms with Gasteiger partial charge in [-0.2, -0.15) is 5.10 Å². The number of anilines is 1. The van der Waals surface area contributed by atoms with E-state index in [1.165, 1.54) is 0 Å². The van der Waals surface area contributed by atoms with Gasteiger partial charge in [-0.3, -0.25) is 10.1 Å². The van der Waals surface area contributed by atoms with E-state index in [2.05, 4.69) is 10.4 Å². The number of hydrogen-bond donors (Lipinski definition) is 1. The second-order valence-corrected chi connectivity index (χ2v) is 11.2. The van der Waals surface area contributed by atoms with Gasteiger partial charge >= 0.3 is 12.1 Å². The third-order valence-corrected chi connectivity index (χ3v) is 8.37. The molecular formula is C33H32ClN3O4. The predicted molar refractivity (Wildman–Crippen MR) is 160 cm³/mol. The van der Waals surface area contributed by atoms with Gasteiger partial charge in [0.05, 0.1) is 17.7 Å². The van der Waals surface area contributed by atoms with Crippen molar-refractivity contribution in [2.45, 2.75) is 44.6 Å². The van der Waals surface area contributed by atoms with E-state index in [0.717, 1.165) is 47.2 Å². The summed E-state index contributed by atoms with van der Waals surface area (Å²) in [6.45, 7) is 4.02. The highest BCUT2D eigenvalue weighted by atomic mass is 35.5. The van der Waals surface area contributed by atoms with Crippen LogP contribution in [0.3, 0.4) is 0 Å². The van der Waals surface area contributed by atoms with Crippen LogP contribution in [0, 0.1) is 11.8 Å². The summed E-state index contributed by atoms with van der Waals surface area (Å²) >= 11 is 6.29. The Morgan fingerprint density at radius 2 is 1.71 bits per heavy atom. The molecular weight excluding hydrogens is 538 g/mol. The van der Waals surface area contributed by atoms with Gasteiger partial charge in [0.15, 0.2) is 0 Å². The zero-order valence-electron chi connectivity index (χ0n) is 23.0. The number of carbonyl (C=O) groups excluding carboxylic acids is 2. The van der Waals surface area contributed by atoms with Gasteiger partial charge in [0, 0.05) is 22.7 Å². The predicted octanol–water partition coefficient (Wildman–Crippen LogP) is 7.37. The SMILES string of the molecule is CCOC(=O)C1(c2ccc(-c3ccc(N4N=CC5CC5C=C4NC(=O)O[C@H](C)c4ccccc4Cl)cc3)cc2)CC1. The number of halogens is 1. The maximum atomic E-state index is 12.9. The number of hydrogen-bond acceptors (Lipinski definition) is 6. The molecule has 1 heterocycles. The van der Waals surface area contributed by atoms with E-state index >= 15 is 0 Å². The minimum Gasteiger partial charge on any atom is -0.465 e. The van der Waals surface area contributed by atoms with Gasteiger partial charge in [-0.25, -0.2) is 9.80 Å². The number of carbonyl (C=O) groups is 2. The standard InChI is InChI=1S/C33H32ClN3O4/c1-3-40-31(38)33(16-17-33)26-12-8-22(9-13-26)23-10-14-27(15-11-23)37-30(19-24-18-25(24)20-35-37)36-32(39)41-21(2)28-6-4-5-7-29(28)34/h4-15,19-21,24-25H,3,16-18H2,1-2H3,(H,36,39)/t21-,24?,25?/m1/s1. The summed E-state index contributed by atoms with van der Waals surface area (Å²) in [5.74, 6) is 1.14. The lowest BCUT2D eigenvalue weighted by Crippen LogP contribution is -2.33. The first-order valence-electron chi connectivity index (χ1n) is 14.0. The van der Waals surface area contributed by atoms with Crippen LogP contribution in [-0.4, -0.2) is 24.9 Å². The molecule has 0 radical (unpaired) electrons. The van der Waals surface area contributed by atoms with Crippen molar-refractivity contribution in [3.05, 3.63) is 101 Å². The molecule has 8 heteroatoms. The van der Waals surface area contributed by atoms with Crippen LogP contribution >= 0.6 is 11.6 Å². The zero-order chi connectivity index (χ0) is 28.6. The summed E-state index contributed by atoms with van der Waals surface area (Å²) < 4.78 is 11.0. The van der Waals surface area contributed by atoms with Gasteiger partial charge in [0.2, 0.25) is 0 Å². The smallest absolute Gasteiger partial charge is 0.413 e. The highest BCUT2D eigenvalue weighted by molar-refractivity contribution is 6.31. The van der Waals surface area contributed by atoms with Gasteiger partial charge in [-0.05, 0) is 80.0 Å². The number of ether oxygens (including phenoxy) is 2. The second-order valence-electron chi connectivity index (χ2n) is 10.8. The lowest BCUT2D eigenvalue weighted by Gasteiger charge is -2.23. The normalized spacial score (nSPS) is 20.7. The highest BCUT2D eigenvalue weighted by Gasteiger charge is 2.52. The lowest BCUT2D eigenvalue weighted by molar-refractivity contribution is -0.146. The van der Waals surface area contributed by atoms with Crippen molar-refractivity contribution in [2.75, 3.05) is 11.6 Å². The van der Waals surface area contributed by atoms with Crippen molar-refractivity contribution in [1.82, 2.24) is 5.32 Å². The third-order valence-electron chi connectivity index (χ3n) is 8.02. The van der Waals surface area contributed by atoms with Crippen LogP contribution in [0.2, 0.25) is 5.02 Å². The minimum atomic E-state index is -0.573. The fourth-order valence-corrected chi connectivity index (χ4v) is 5.62. The van der Waals surface area contributed by atoms with E-state index in [1.807, 2.05) is 85.9 Å². The number of rotatable bonds is 8. The largest absolute Gasteiger partial charge is 0.465 e. The fraction of sp³-hybridized carbons (Fsp3) is 0.303. The summed E-state index contributed by atoms with van der Waals surface area (Å²) in [5, 5.41) is 9.88. The molecule has 2 fully saturated rings. The highest BCUT2D eigenvalue weighted by Crippen LogP contribution is 2.49. The van der Waals surface area contributed by atoms with Crippen molar-refractivity contribution >= 4 is 35.6 Å². The van der Waals surface area contributed by atoms with Crippen LogP contribution < -0.4 is 10.3 Å². The molecule has 0 bridgehead atoms. The molecule has 3 aromatic carbocycles. The third kappa shape index (κ3) is 5.59. The molecule has 0 aromatic heterocycles. The van der Waals surface area contributed by atoms with Crippen LogP contribution in [0.1, 0.15) is 50.3 Å². The van der Waals surface area contributed by atoms with E-state index in [1.54, 1.807) is 18.0 Å². The van der Waals surface area contributed by atoms with Crippen molar-refractivity contribution in [2.24, 2.45) is 16.9 Å². The zero-order valence-corrected chi connectivity index (χ0v) is 23.8. The Balaban J connectivity index is 1.16. The summed E-state index contributed by atoms with van der Waals surface area (Å²) in [5.41, 5.74) is 4.17. The number of fused-ring (bicyclic) bond motifs is 1. The topological polar surface area (TPSA) is 80.2 Å². The van der Waals surface area contributed by atoms with Crippen molar-refractivity contribution in [3.63, 3.8) is 0 Å². The van der Waals surface area contributed by atoms with Gasteiger partial charge in [-0.1, -0.05) is 66.2 Å². The molecule has 3 aliphatic rings. The van der Waals surface area contributed by atoms with Crippen LogP contribution in [0.5, 0.6) is 0 Å². The molecule has 7 nitrogen and oxygen atoms in total. The molecule has 6 rings (SSSR count). The van der Waals surface area contributed by atoms with Crippen molar-refractivity contribution in [1.29, 1.82) is 0 Å². The molecule has 210 valence electrons. The molecule has 2 aliphatic carbocycles. The lowest BCUT2D eigenvalue weighted by atomic mass is 9.93. The van der Waals surface area contributed by atoms with E-state index in [-0.39, 0.29) is 5.97 Å². The van der Waals surface area contributed by atoms with Crippen LogP contribution in [0.15, 0.2) is 89.8 Å². The Labute approximate surface area is 244 Å². The molecule has 1 amide bonds. The monoisotopic (exact) mass is 569 g/mol. The Bertz CT molecular complexity index is 1510. The molecule has 1 N–H and O–H groups in total. The maximum Gasteiger partial charge on any atom is 0.413 e. The molecule has 1 aliphatic heterocycles. The first-order valence-corrected chi connectivity index (χ1v) is 14.4. The number of benzene rings is 3. The van der Waals surface area contributed by atoms with Crippen LogP contribution in [0.4, 0.5) is 10.5 Å². The quantitative estimate of drug-likeness (QED) is 0.286. The number of hydrazone groups is 1. The summed E-state index contributed by atoms with van der Waals surface area (Å²) in [6, 6.07) is 23.5. The number of allylic oxidation sites excluding steroid dienone is 1. The number of esters is 1. The summed E-state index contributed by atoms with van der Waals surface area (Å²) in [4.78, 5) is 25.4. The van der Waals surface area contributed by atoms with Gasteiger partial charge in [-0.15, -0.1) is 0 Å². The first kappa shape index (κ1) is 27.1. The maximum absolute atomic E-state index is 12.9. The Kier molecular flexibility index (Phi) is 7.30. The molecule has 2 saturated carbocycles. The molecule has 0 spiro atoms. The van der Waals surface area contributed by atoms with Crippen molar-refractivity contribution < 1.29 is 19.1 Å². The molecule has 2 unspecified atom stereocenters. The molecule has 41 heavy (non-hydrogen) atoms. The van der Waals surface area contributed by atoms with Gasteiger partial charge in [0.1, 0.15) is 11.9 Å². The van der Waals surface area contributed by atoms with E-state index in [0.29, 0.717) is 29.3 Å². The number of amides is 1. The fourth-order valence-electron chi connectivity index (χ4n) is 5.33. The molecule has 0 saturated heterocycles. The van der Waals surface area contributed by atoms with E-state index in [9.17, 15) is 9.59 Å². The summed E-state index contributed by atoms with van der Waals surface area (Å²) in [7, 11) is 0. The van der Waals surface area contributed by atoms with Crippen LogP contribution in [0.25, 0.3) is 11.1 Å². The Morgan fingerprint density at radius 3 is 2.37 bits per heavy atom. The second kappa shape index (κ2) is 11.1. The average molecular weight is 570 g/mol. The van der Waals surface area contributed by atoms with Gasteiger partial charge < -0.3 is 9.47 Å². The average Bonchev–Trinajstić information content (AvgIpc) is 3.89. The Morgan fingerprint density at radius 1 is 1.02 bits per heavy atom. The van der Waals surface area contributed by atoms with E-state index in [4.69, 9.17) is 21.1 Å². The number of alkyl carbamates (subject to hydrolysis) is 1. The molecule has 3 atom stereocenters.